The van der Waals surface area contributed by atoms with Crippen molar-refractivity contribution in [3.63, 3.8) is 0 Å². The van der Waals surface area contributed by atoms with Crippen LogP contribution in [-0.2, 0) is 4.79 Å². The molecule has 0 aliphatic rings. The third-order valence-corrected chi connectivity index (χ3v) is 1.82. The second kappa shape index (κ2) is 8.72. The molecular weight excluding hydrogens is 212 g/mol. The highest BCUT2D eigenvalue weighted by Crippen LogP contribution is 1.89. The number of hydrogen-bond donors (Lipinski definition) is 4. The van der Waals surface area contributed by atoms with Crippen molar-refractivity contribution in [3.05, 3.63) is 12.2 Å². The van der Waals surface area contributed by atoms with E-state index in [0.29, 0.717) is 6.54 Å². The number of amides is 2. The Hall–Kier alpha value is -1.56. The second-order valence-electron chi connectivity index (χ2n) is 3.18. The lowest BCUT2D eigenvalue weighted by molar-refractivity contribution is -0.146. The van der Waals surface area contributed by atoms with Crippen LogP contribution in [0.15, 0.2) is 12.2 Å². The molecule has 0 rings (SSSR count). The highest BCUT2D eigenvalue weighted by Gasteiger charge is 2.12. The van der Waals surface area contributed by atoms with Crippen LogP contribution in [0.25, 0.3) is 0 Å². The van der Waals surface area contributed by atoms with Gasteiger partial charge in [-0.2, -0.15) is 0 Å². The Balaban J connectivity index is 3.47. The van der Waals surface area contributed by atoms with E-state index in [4.69, 9.17) is 10.2 Å². The molecule has 6 nitrogen and oxygen atoms in total. The minimum atomic E-state index is -1.43. The molecule has 0 aromatic heterocycles. The van der Waals surface area contributed by atoms with Crippen LogP contribution < -0.4 is 10.6 Å². The van der Waals surface area contributed by atoms with E-state index in [1.165, 1.54) is 0 Å². The zero-order chi connectivity index (χ0) is 12.4. The lowest BCUT2D eigenvalue weighted by Gasteiger charge is -2.08. The first-order chi connectivity index (χ1) is 7.57. The van der Waals surface area contributed by atoms with Gasteiger partial charge in [-0.3, -0.25) is 0 Å². The van der Waals surface area contributed by atoms with E-state index in [2.05, 4.69) is 10.6 Å². The Morgan fingerprint density at radius 3 is 2.50 bits per heavy atom. The predicted octanol–water partition coefficient (Wildman–Crippen LogP) is 0.0874. The Morgan fingerprint density at radius 1 is 1.31 bits per heavy atom. The zero-order valence-corrected chi connectivity index (χ0v) is 9.27. The van der Waals surface area contributed by atoms with Crippen molar-refractivity contribution < 1.29 is 19.8 Å². The topological polar surface area (TPSA) is 98.7 Å². The largest absolute Gasteiger partial charge is 0.479 e. The van der Waals surface area contributed by atoms with Crippen molar-refractivity contribution in [1.29, 1.82) is 0 Å². The SMILES string of the molecule is C/C=C/CCNC(=O)NCC[C@H](O)C(=O)O. The number of aliphatic hydroxyl groups excluding tert-OH is 1. The number of aliphatic carboxylic acids is 1. The summed E-state index contributed by atoms with van der Waals surface area (Å²) in [4.78, 5) is 21.3. The van der Waals surface area contributed by atoms with Crippen LogP contribution >= 0.6 is 0 Å². The monoisotopic (exact) mass is 230 g/mol. The van der Waals surface area contributed by atoms with Gasteiger partial charge in [0.1, 0.15) is 0 Å². The van der Waals surface area contributed by atoms with Crippen molar-refractivity contribution in [2.24, 2.45) is 0 Å². The smallest absolute Gasteiger partial charge is 0.332 e. The summed E-state index contributed by atoms with van der Waals surface area (Å²) in [5, 5.41) is 22.3. The van der Waals surface area contributed by atoms with Gasteiger partial charge in [-0.1, -0.05) is 12.2 Å². The molecule has 0 saturated carbocycles. The first-order valence-corrected chi connectivity index (χ1v) is 5.11. The summed E-state index contributed by atoms with van der Waals surface area (Å²) in [6.07, 6.45) is 3.14. The lowest BCUT2D eigenvalue weighted by Crippen LogP contribution is -2.38. The van der Waals surface area contributed by atoms with E-state index in [9.17, 15) is 9.59 Å². The average molecular weight is 230 g/mol. The van der Waals surface area contributed by atoms with Gasteiger partial charge in [0, 0.05) is 19.5 Å². The predicted molar refractivity (Wildman–Crippen MR) is 59.1 cm³/mol. The van der Waals surface area contributed by atoms with Crippen molar-refractivity contribution in [2.45, 2.75) is 25.9 Å². The van der Waals surface area contributed by atoms with E-state index in [1.54, 1.807) is 0 Å². The summed E-state index contributed by atoms with van der Waals surface area (Å²) in [5.74, 6) is -1.28. The van der Waals surface area contributed by atoms with Crippen LogP contribution in [0.3, 0.4) is 0 Å². The molecule has 0 fully saturated rings. The minimum Gasteiger partial charge on any atom is -0.479 e. The third-order valence-electron chi connectivity index (χ3n) is 1.82. The van der Waals surface area contributed by atoms with Crippen molar-refractivity contribution >= 4 is 12.0 Å². The molecule has 0 radical (unpaired) electrons. The van der Waals surface area contributed by atoms with Gasteiger partial charge in [-0.05, 0) is 13.3 Å². The molecule has 92 valence electrons. The summed E-state index contributed by atoms with van der Waals surface area (Å²) in [5.41, 5.74) is 0. The average Bonchev–Trinajstić information content (AvgIpc) is 2.24. The van der Waals surface area contributed by atoms with Crippen LogP contribution in [0.4, 0.5) is 4.79 Å². The number of nitrogens with one attached hydrogen (secondary N) is 2. The number of carbonyl (C=O) groups excluding carboxylic acids is 1. The summed E-state index contributed by atoms with van der Waals surface area (Å²) in [6.45, 7) is 2.55. The summed E-state index contributed by atoms with van der Waals surface area (Å²) >= 11 is 0. The van der Waals surface area contributed by atoms with Crippen LogP contribution in [0.2, 0.25) is 0 Å². The van der Waals surface area contributed by atoms with Gasteiger partial charge >= 0.3 is 12.0 Å². The van der Waals surface area contributed by atoms with Crippen molar-refractivity contribution in [1.82, 2.24) is 10.6 Å². The Labute approximate surface area is 94.3 Å². The molecule has 16 heavy (non-hydrogen) atoms. The number of rotatable bonds is 7. The Bertz CT molecular complexity index is 253. The van der Waals surface area contributed by atoms with E-state index in [0.717, 1.165) is 6.42 Å². The molecule has 0 aliphatic heterocycles. The number of carboxylic acids is 1. The van der Waals surface area contributed by atoms with Crippen LogP contribution in [-0.4, -0.2) is 41.4 Å². The van der Waals surface area contributed by atoms with Crippen LogP contribution in [0.5, 0.6) is 0 Å². The van der Waals surface area contributed by atoms with Crippen LogP contribution in [0.1, 0.15) is 19.8 Å². The maximum absolute atomic E-state index is 11.1. The molecule has 0 saturated heterocycles. The van der Waals surface area contributed by atoms with E-state index in [-0.39, 0.29) is 19.0 Å². The standard InChI is InChI=1S/C10H18N2O4/c1-2-3-4-6-11-10(16)12-7-5-8(13)9(14)15/h2-3,8,13H,4-7H2,1H3,(H,14,15)(H2,11,12,16)/b3-2+/t8-/m0/s1. The first kappa shape index (κ1) is 14.4. The first-order valence-electron chi connectivity index (χ1n) is 5.11. The molecule has 1 atom stereocenters. The molecule has 2 amide bonds. The van der Waals surface area contributed by atoms with Gasteiger partial charge in [0.05, 0.1) is 0 Å². The summed E-state index contributed by atoms with van der Waals surface area (Å²) < 4.78 is 0. The maximum Gasteiger partial charge on any atom is 0.332 e. The van der Waals surface area contributed by atoms with E-state index in [1.807, 2.05) is 19.1 Å². The number of allylic oxidation sites excluding steroid dienone is 1. The van der Waals surface area contributed by atoms with Gasteiger partial charge in [0.15, 0.2) is 6.10 Å². The third kappa shape index (κ3) is 7.81. The van der Waals surface area contributed by atoms with Gasteiger partial charge in [-0.15, -0.1) is 0 Å². The molecule has 0 aromatic carbocycles. The highest BCUT2D eigenvalue weighted by atomic mass is 16.4. The molecular formula is C10H18N2O4. The van der Waals surface area contributed by atoms with Crippen molar-refractivity contribution in [2.75, 3.05) is 13.1 Å². The van der Waals surface area contributed by atoms with Gasteiger partial charge in [-0.25, -0.2) is 9.59 Å². The molecule has 0 spiro atoms. The number of carboxylic acid groups (broad SMARTS) is 1. The van der Waals surface area contributed by atoms with E-state index >= 15 is 0 Å². The van der Waals surface area contributed by atoms with Gasteiger partial charge in [0.25, 0.3) is 0 Å². The van der Waals surface area contributed by atoms with Crippen molar-refractivity contribution in [3.8, 4) is 0 Å². The molecule has 0 aromatic rings. The van der Waals surface area contributed by atoms with Gasteiger partial charge < -0.3 is 20.8 Å². The molecule has 6 heteroatoms. The lowest BCUT2D eigenvalue weighted by atomic mass is 10.2. The number of aliphatic hydroxyl groups is 1. The molecule has 0 aliphatic carbocycles. The zero-order valence-electron chi connectivity index (χ0n) is 9.27. The molecule has 0 bridgehead atoms. The quantitative estimate of drug-likeness (QED) is 0.368. The Kier molecular flexibility index (Phi) is 7.87. The van der Waals surface area contributed by atoms with Gasteiger partial charge in [0.2, 0.25) is 0 Å². The van der Waals surface area contributed by atoms with Crippen LogP contribution in [0, 0.1) is 0 Å². The summed E-state index contributed by atoms with van der Waals surface area (Å²) in [7, 11) is 0. The molecule has 0 unspecified atom stereocenters. The second-order valence-corrected chi connectivity index (χ2v) is 3.18. The fraction of sp³-hybridized carbons (Fsp3) is 0.600. The minimum absolute atomic E-state index is 0.00236. The fourth-order valence-corrected chi connectivity index (χ4v) is 0.944. The number of carbonyl (C=O) groups is 2. The summed E-state index contributed by atoms with van der Waals surface area (Å²) in [6, 6.07) is -0.359. The number of hydrogen-bond acceptors (Lipinski definition) is 3. The fourth-order valence-electron chi connectivity index (χ4n) is 0.944. The number of urea groups is 1. The Morgan fingerprint density at radius 2 is 1.94 bits per heavy atom. The highest BCUT2D eigenvalue weighted by molar-refractivity contribution is 5.74. The molecule has 4 N–H and O–H groups in total. The van der Waals surface area contributed by atoms with E-state index < -0.39 is 12.1 Å². The normalized spacial score (nSPS) is 12.4. The maximum atomic E-state index is 11.1. The molecule has 0 heterocycles.